The molecule has 0 N–H and O–H groups in total. The summed E-state index contributed by atoms with van der Waals surface area (Å²) in [6.07, 6.45) is 0.692. The number of anilines is 1. The van der Waals surface area contributed by atoms with Crippen molar-refractivity contribution >= 4 is 11.4 Å². The maximum atomic E-state index is 11.0. The molecule has 1 aromatic rings. The Labute approximate surface area is 100 Å². The molecule has 0 spiro atoms. The number of ether oxygens (including phenoxy) is 1. The molecule has 92 valence electrons. The zero-order valence-electron chi connectivity index (χ0n) is 10.5. The highest BCUT2D eigenvalue weighted by atomic mass is 16.6. The van der Waals surface area contributed by atoms with E-state index in [4.69, 9.17) is 4.74 Å². The summed E-state index contributed by atoms with van der Waals surface area (Å²) in [5.74, 6) is 0.422. The van der Waals surface area contributed by atoms with Crippen molar-refractivity contribution in [1.29, 1.82) is 0 Å². The topological polar surface area (TPSA) is 55.6 Å². The lowest BCUT2D eigenvalue weighted by Gasteiger charge is -2.16. The molecule has 17 heavy (non-hydrogen) atoms. The number of nitro benzene ring substituents is 1. The predicted octanol–water partition coefficient (Wildman–Crippen LogP) is 2.37. The highest BCUT2D eigenvalue weighted by Crippen LogP contribution is 2.45. The summed E-state index contributed by atoms with van der Waals surface area (Å²) in [4.78, 5) is 12.5. The second kappa shape index (κ2) is 3.61. The summed E-state index contributed by atoms with van der Waals surface area (Å²) in [5, 5.41) is 11.0. The van der Waals surface area contributed by atoms with Crippen LogP contribution in [0.25, 0.3) is 0 Å². The maximum Gasteiger partial charge on any atom is 0.311 e. The second-order valence-corrected chi connectivity index (χ2v) is 5.10. The van der Waals surface area contributed by atoms with Crippen molar-refractivity contribution in [3.8, 4) is 5.75 Å². The van der Waals surface area contributed by atoms with Crippen LogP contribution in [0.1, 0.15) is 19.4 Å². The molecule has 0 bridgehead atoms. The Morgan fingerprint density at radius 1 is 1.41 bits per heavy atom. The fourth-order valence-electron chi connectivity index (χ4n) is 2.19. The molecule has 1 aliphatic rings. The number of benzene rings is 1. The van der Waals surface area contributed by atoms with Crippen LogP contribution in [0.15, 0.2) is 12.1 Å². The van der Waals surface area contributed by atoms with Crippen LogP contribution >= 0.6 is 0 Å². The van der Waals surface area contributed by atoms with Crippen LogP contribution in [0.5, 0.6) is 5.75 Å². The summed E-state index contributed by atoms with van der Waals surface area (Å²) >= 11 is 0. The number of fused-ring (bicyclic) bond motifs is 1. The highest BCUT2D eigenvalue weighted by molar-refractivity contribution is 5.68. The first kappa shape index (κ1) is 11.7. The number of nitro groups is 1. The Kier molecular flexibility index (Phi) is 2.49. The third-order valence-electron chi connectivity index (χ3n) is 2.87. The summed E-state index contributed by atoms with van der Waals surface area (Å²) < 4.78 is 5.71. The van der Waals surface area contributed by atoms with E-state index in [0.29, 0.717) is 12.2 Å². The van der Waals surface area contributed by atoms with Crippen molar-refractivity contribution < 1.29 is 9.66 Å². The maximum absolute atomic E-state index is 11.0. The Morgan fingerprint density at radius 3 is 2.59 bits per heavy atom. The smallest absolute Gasteiger partial charge is 0.311 e. The van der Waals surface area contributed by atoms with Gasteiger partial charge in [0, 0.05) is 37.8 Å². The van der Waals surface area contributed by atoms with E-state index in [-0.39, 0.29) is 16.2 Å². The van der Waals surface area contributed by atoms with Gasteiger partial charge in [-0.3, -0.25) is 10.1 Å². The Hall–Kier alpha value is -1.78. The van der Waals surface area contributed by atoms with E-state index in [1.54, 1.807) is 6.07 Å². The van der Waals surface area contributed by atoms with Crippen LogP contribution < -0.4 is 9.64 Å². The van der Waals surface area contributed by atoms with Gasteiger partial charge in [-0.05, 0) is 19.9 Å². The summed E-state index contributed by atoms with van der Waals surface area (Å²) in [5.41, 5.74) is 1.58. The molecular formula is C12H16N2O3. The zero-order valence-corrected chi connectivity index (χ0v) is 10.5. The first-order valence-corrected chi connectivity index (χ1v) is 5.48. The Bertz CT molecular complexity index is 481. The number of hydrogen-bond acceptors (Lipinski definition) is 4. The monoisotopic (exact) mass is 236 g/mol. The molecule has 0 amide bonds. The van der Waals surface area contributed by atoms with Crippen LogP contribution in [0.4, 0.5) is 11.4 Å². The van der Waals surface area contributed by atoms with Crippen molar-refractivity contribution in [3.05, 3.63) is 27.8 Å². The van der Waals surface area contributed by atoms with Gasteiger partial charge in [-0.15, -0.1) is 0 Å². The molecule has 0 radical (unpaired) electrons. The molecule has 0 saturated heterocycles. The number of rotatable bonds is 2. The largest absolute Gasteiger partial charge is 0.480 e. The zero-order chi connectivity index (χ0) is 12.8. The van der Waals surface area contributed by atoms with E-state index in [1.807, 2.05) is 32.8 Å². The minimum atomic E-state index is -0.389. The molecule has 0 saturated carbocycles. The van der Waals surface area contributed by atoms with Crippen molar-refractivity contribution in [2.24, 2.45) is 0 Å². The fourth-order valence-corrected chi connectivity index (χ4v) is 2.19. The first-order valence-electron chi connectivity index (χ1n) is 5.48. The fraction of sp³-hybridized carbons (Fsp3) is 0.500. The molecule has 5 heteroatoms. The van der Waals surface area contributed by atoms with Gasteiger partial charge in [0.25, 0.3) is 0 Å². The molecule has 1 aliphatic heterocycles. The van der Waals surface area contributed by atoms with E-state index in [2.05, 4.69) is 0 Å². The lowest BCUT2D eigenvalue weighted by Crippen LogP contribution is -2.25. The van der Waals surface area contributed by atoms with Crippen LogP contribution in [0.3, 0.4) is 0 Å². The van der Waals surface area contributed by atoms with Gasteiger partial charge in [0.05, 0.1) is 4.92 Å². The molecule has 0 unspecified atom stereocenters. The van der Waals surface area contributed by atoms with Crippen molar-refractivity contribution in [1.82, 2.24) is 0 Å². The van der Waals surface area contributed by atoms with Crippen molar-refractivity contribution in [2.45, 2.75) is 25.9 Å². The lowest BCUT2D eigenvalue weighted by atomic mass is 9.99. The quantitative estimate of drug-likeness (QED) is 0.584. The van der Waals surface area contributed by atoms with E-state index in [9.17, 15) is 10.1 Å². The molecule has 5 nitrogen and oxygen atoms in total. The molecular weight excluding hydrogens is 220 g/mol. The number of nitrogens with zero attached hydrogens (tertiary/aromatic N) is 2. The molecule has 0 aliphatic carbocycles. The minimum absolute atomic E-state index is 0.0520. The lowest BCUT2D eigenvalue weighted by molar-refractivity contribution is -0.386. The van der Waals surface area contributed by atoms with Crippen LogP contribution in [0, 0.1) is 10.1 Å². The summed E-state index contributed by atoms with van der Waals surface area (Å²) in [6, 6.07) is 3.29. The van der Waals surface area contributed by atoms with Gasteiger partial charge in [-0.1, -0.05) is 0 Å². The summed E-state index contributed by atoms with van der Waals surface area (Å²) in [6.45, 7) is 3.88. The Morgan fingerprint density at radius 2 is 2.06 bits per heavy atom. The Balaban J connectivity index is 2.61. The average molecular weight is 236 g/mol. The van der Waals surface area contributed by atoms with Gasteiger partial charge in [-0.25, -0.2) is 0 Å². The standard InChI is InChI=1S/C12H16N2O3/c1-12(2)7-8-9(13(3)4)5-6-10(14(15)16)11(8)17-12/h5-6H,7H2,1-4H3. The van der Waals surface area contributed by atoms with Crippen molar-refractivity contribution in [2.75, 3.05) is 19.0 Å². The molecule has 0 aromatic heterocycles. The van der Waals surface area contributed by atoms with Gasteiger partial charge in [-0.2, -0.15) is 0 Å². The van der Waals surface area contributed by atoms with Crippen LogP contribution in [-0.4, -0.2) is 24.6 Å². The third kappa shape index (κ3) is 1.92. The van der Waals surface area contributed by atoms with Gasteiger partial charge in [0.1, 0.15) is 5.60 Å². The normalized spacial score (nSPS) is 16.2. The predicted molar refractivity (Wildman–Crippen MR) is 65.8 cm³/mol. The molecule has 1 aromatic carbocycles. The molecule has 2 rings (SSSR count). The van der Waals surface area contributed by atoms with Gasteiger partial charge in [0.15, 0.2) is 0 Å². The average Bonchev–Trinajstić information content (AvgIpc) is 2.49. The molecule has 1 heterocycles. The van der Waals surface area contributed by atoms with Gasteiger partial charge < -0.3 is 9.64 Å². The summed E-state index contributed by atoms with van der Waals surface area (Å²) in [7, 11) is 3.85. The van der Waals surface area contributed by atoms with Gasteiger partial charge >= 0.3 is 5.69 Å². The minimum Gasteiger partial charge on any atom is -0.480 e. The second-order valence-electron chi connectivity index (χ2n) is 5.10. The van der Waals surface area contributed by atoms with E-state index in [1.165, 1.54) is 6.07 Å². The van der Waals surface area contributed by atoms with Crippen LogP contribution in [-0.2, 0) is 6.42 Å². The SMILES string of the molecule is CN(C)c1ccc([N+](=O)[O-])c2c1CC(C)(C)O2. The van der Waals surface area contributed by atoms with Gasteiger partial charge in [0.2, 0.25) is 5.75 Å². The van der Waals surface area contributed by atoms with E-state index >= 15 is 0 Å². The van der Waals surface area contributed by atoms with Crippen molar-refractivity contribution in [3.63, 3.8) is 0 Å². The molecule has 0 fully saturated rings. The van der Waals surface area contributed by atoms with E-state index < -0.39 is 0 Å². The number of hydrogen-bond donors (Lipinski definition) is 0. The first-order chi connectivity index (χ1) is 7.82. The highest BCUT2D eigenvalue weighted by Gasteiger charge is 2.37. The third-order valence-corrected chi connectivity index (χ3v) is 2.87. The van der Waals surface area contributed by atoms with E-state index in [0.717, 1.165) is 11.3 Å². The molecule has 0 atom stereocenters. The van der Waals surface area contributed by atoms with Crippen LogP contribution in [0.2, 0.25) is 0 Å².